The number of amides is 3. The molecular weight excluding hydrogens is 563 g/mol. The first-order valence-electron chi connectivity index (χ1n) is 14.4. The summed E-state index contributed by atoms with van der Waals surface area (Å²) in [5, 5.41) is 6.75. The lowest BCUT2D eigenvalue weighted by atomic mass is 9.90. The topological polar surface area (TPSA) is 110 Å². The predicted molar refractivity (Wildman–Crippen MR) is 158 cm³/mol. The molecule has 1 aliphatic heterocycles. The summed E-state index contributed by atoms with van der Waals surface area (Å²) in [6.45, 7) is 10.2. The highest BCUT2D eigenvalue weighted by Crippen LogP contribution is 2.34. The fourth-order valence-electron chi connectivity index (χ4n) is 5.20. The standard InChI is InChI=1S/C31H40ClFN4O5/c1-30(2,3)41-28(39)36-22-10-8-7-9-21(22)34-26-25(33)20-17-37(29(40)42-31(4,5)6)27(38)24(20)23(35-26)16-13-18-11-14-19(32)15-12-18/h11-12,14-15,21-22H,7-10,13,16-17H2,1-6H3,(H,34,35)(H,36,39)/t21-,22+/m1/s1. The minimum absolute atomic E-state index is 0.0124. The molecule has 2 heterocycles. The Hall–Kier alpha value is -3.40. The number of rotatable bonds is 6. The number of nitrogens with zero attached hydrogens (tertiary/aromatic N) is 2. The zero-order valence-corrected chi connectivity index (χ0v) is 25.9. The first kappa shape index (κ1) is 31.5. The molecule has 0 unspecified atom stereocenters. The number of imide groups is 1. The highest BCUT2D eigenvalue weighted by molar-refractivity contribution is 6.30. The number of hydrogen-bond acceptors (Lipinski definition) is 7. The van der Waals surface area contributed by atoms with Crippen molar-refractivity contribution in [1.29, 1.82) is 0 Å². The molecule has 2 aromatic rings. The summed E-state index contributed by atoms with van der Waals surface area (Å²) in [6.07, 6.45) is 2.65. The van der Waals surface area contributed by atoms with Crippen molar-refractivity contribution in [2.24, 2.45) is 0 Å². The Kier molecular flexibility index (Phi) is 9.35. The van der Waals surface area contributed by atoms with E-state index < -0.39 is 35.1 Å². The lowest BCUT2D eigenvalue weighted by molar-refractivity contribution is 0.0246. The molecule has 4 rings (SSSR count). The summed E-state index contributed by atoms with van der Waals surface area (Å²) in [4.78, 5) is 44.4. The van der Waals surface area contributed by atoms with Gasteiger partial charge in [-0.3, -0.25) is 4.79 Å². The molecule has 42 heavy (non-hydrogen) atoms. The average Bonchev–Trinajstić information content (AvgIpc) is 3.23. The summed E-state index contributed by atoms with van der Waals surface area (Å²) in [5.41, 5.74) is 0.0572. The van der Waals surface area contributed by atoms with E-state index in [4.69, 9.17) is 21.1 Å². The van der Waals surface area contributed by atoms with E-state index >= 15 is 4.39 Å². The van der Waals surface area contributed by atoms with E-state index in [0.717, 1.165) is 23.3 Å². The lowest BCUT2D eigenvalue weighted by Crippen LogP contribution is -2.50. The molecule has 2 N–H and O–H groups in total. The van der Waals surface area contributed by atoms with Crippen molar-refractivity contribution < 1.29 is 28.2 Å². The van der Waals surface area contributed by atoms with Crippen LogP contribution in [0.2, 0.25) is 5.02 Å². The van der Waals surface area contributed by atoms with Gasteiger partial charge in [0.25, 0.3) is 5.91 Å². The molecule has 1 saturated carbocycles. The Morgan fingerprint density at radius 1 is 1.00 bits per heavy atom. The molecule has 1 fully saturated rings. The Morgan fingerprint density at radius 2 is 1.62 bits per heavy atom. The first-order chi connectivity index (χ1) is 19.6. The van der Waals surface area contributed by atoms with Gasteiger partial charge >= 0.3 is 12.2 Å². The largest absolute Gasteiger partial charge is 0.444 e. The van der Waals surface area contributed by atoms with Crippen LogP contribution in [0.3, 0.4) is 0 Å². The average molecular weight is 603 g/mol. The van der Waals surface area contributed by atoms with Gasteiger partial charge in [0.15, 0.2) is 11.6 Å². The molecular formula is C31H40ClFN4O5. The van der Waals surface area contributed by atoms with E-state index in [-0.39, 0.29) is 35.6 Å². The van der Waals surface area contributed by atoms with Crippen molar-refractivity contribution in [3.63, 3.8) is 0 Å². The molecule has 1 aliphatic carbocycles. The summed E-state index contributed by atoms with van der Waals surface area (Å²) < 4.78 is 27.0. The summed E-state index contributed by atoms with van der Waals surface area (Å²) in [6, 6.07) is 6.71. The fraction of sp³-hybridized carbons (Fsp3) is 0.548. The number of benzene rings is 1. The number of hydrogen-bond donors (Lipinski definition) is 2. The van der Waals surface area contributed by atoms with Gasteiger partial charge in [-0.2, -0.15) is 0 Å². The summed E-state index contributed by atoms with van der Waals surface area (Å²) >= 11 is 6.03. The van der Waals surface area contributed by atoms with Gasteiger partial charge in [0.2, 0.25) is 0 Å². The van der Waals surface area contributed by atoms with Crippen LogP contribution >= 0.6 is 11.6 Å². The molecule has 2 aliphatic rings. The second-order valence-corrected chi connectivity index (χ2v) is 13.3. The number of aromatic nitrogens is 1. The summed E-state index contributed by atoms with van der Waals surface area (Å²) in [7, 11) is 0. The highest BCUT2D eigenvalue weighted by atomic mass is 35.5. The smallest absolute Gasteiger partial charge is 0.417 e. The number of alkyl carbamates (subject to hydrolysis) is 1. The monoisotopic (exact) mass is 602 g/mol. The van der Waals surface area contributed by atoms with E-state index in [1.165, 1.54) is 0 Å². The van der Waals surface area contributed by atoms with Crippen LogP contribution in [0.5, 0.6) is 0 Å². The van der Waals surface area contributed by atoms with Crippen LogP contribution in [0.4, 0.5) is 19.8 Å². The van der Waals surface area contributed by atoms with Crippen LogP contribution in [0.1, 0.15) is 94.4 Å². The molecule has 0 saturated heterocycles. The van der Waals surface area contributed by atoms with Crippen LogP contribution in [0.25, 0.3) is 0 Å². The second kappa shape index (κ2) is 12.5. The zero-order chi connectivity index (χ0) is 30.8. The number of aryl methyl sites for hydroxylation is 2. The van der Waals surface area contributed by atoms with Gasteiger partial charge in [0.1, 0.15) is 11.2 Å². The van der Waals surface area contributed by atoms with Gasteiger partial charge in [-0.05, 0) is 84.9 Å². The summed E-state index contributed by atoms with van der Waals surface area (Å²) in [5.74, 6) is -1.34. The fourth-order valence-corrected chi connectivity index (χ4v) is 5.32. The van der Waals surface area contributed by atoms with Crippen LogP contribution in [0, 0.1) is 5.82 Å². The maximum Gasteiger partial charge on any atom is 0.417 e. The van der Waals surface area contributed by atoms with Gasteiger partial charge in [-0.15, -0.1) is 0 Å². The van der Waals surface area contributed by atoms with E-state index in [0.29, 0.717) is 36.4 Å². The molecule has 2 atom stereocenters. The van der Waals surface area contributed by atoms with Crippen molar-refractivity contribution in [3.05, 3.63) is 57.5 Å². The number of pyridine rings is 1. The molecule has 0 bridgehead atoms. The number of carbonyl (C=O) groups excluding carboxylic acids is 3. The Balaban J connectivity index is 1.64. The van der Waals surface area contributed by atoms with Crippen molar-refractivity contribution in [3.8, 4) is 0 Å². The SMILES string of the molecule is CC(C)(C)OC(=O)N[C@H]1CCCC[C@H]1Nc1nc(CCc2ccc(Cl)cc2)c2c(c1F)CN(C(=O)OC(C)(C)C)C2=O. The van der Waals surface area contributed by atoms with Crippen molar-refractivity contribution in [1.82, 2.24) is 15.2 Å². The number of nitrogens with one attached hydrogen (secondary N) is 2. The third-order valence-corrected chi connectivity index (χ3v) is 7.31. The number of anilines is 1. The number of halogens is 2. The van der Waals surface area contributed by atoms with Crippen molar-refractivity contribution >= 4 is 35.5 Å². The molecule has 1 aromatic heterocycles. The highest BCUT2D eigenvalue weighted by Gasteiger charge is 2.40. The van der Waals surface area contributed by atoms with Gasteiger partial charge < -0.3 is 20.1 Å². The van der Waals surface area contributed by atoms with Gasteiger partial charge in [-0.1, -0.05) is 36.6 Å². The third kappa shape index (κ3) is 7.91. The van der Waals surface area contributed by atoms with Crippen molar-refractivity contribution in [2.45, 2.75) is 110 Å². The number of carbonyl (C=O) groups is 3. The molecule has 3 amide bonds. The van der Waals surface area contributed by atoms with Crippen LogP contribution < -0.4 is 10.6 Å². The van der Waals surface area contributed by atoms with Gasteiger partial charge in [0, 0.05) is 16.6 Å². The molecule has 0 spiro atoms. The van der Waals surface area contributed by atoms with E-state index in [2.05, 4.69) is 15.6 Å². The van der Waals surface area contributed by atoms with Crippen LogP contribution in [-0.4, -0.2) is 51.3 Å². The van der Waals surface area contributed by atoms with E-state index in [9.17, 15) is 14.4 Å². The van der Waals surface area contributed by atoms with Crippen LogP contribution in [-0.2, 0) is 28.9 Å². The van der Waals surface area contributed by atoms with E-state index in [1.807, 2.05) is 12.1 Å². The number of fused-ring (bicyclic) bond motifs is 1. The maximum atomic E-state index is 16.1. The maximum absolute atomic E-state index is 16.1. The Bertz CT molecular complexity index is 1340. The van der Waals surface area contributed by atoms with E-state index in [1.54, 1.807) is 53.7 Å². The van der Waals surface area contributed by atoms with Crippen LogP contribution in [0.15, 0.2) is 24.3 Å². The van der Waals surface area contributed by atoms with Gasteiger partial charge in [0.05, 0.1) is 23.8 Å². The van der Waals surface area contributed by atoms with Gasteiger partial charge in [-0.25, -0.2) is 23.9 Å². The molecule has 0 radical (unpaired) electrons. The number of ether oxygens (including phenoxy) is 2. The molecule has 9 nitrogen and oxygen atoms in total. The quantitative estimate of drug-likeness (QED) is 0.374. The molecule has 11 heteroatoms. The Morgan fingerprint density at radius 3 is 2.24 bits per heavy atom. The molecule has 228 valence electrons. The Labute approximate surface area is 251 Å². The minimum Gasteiger partial charge on any atom is -0.444 e. The second-order valence-electron chi connectivity index (χ2n) is 12.9. The molecule has 1 aromatic carbocycles. The first-order valence-corrected chi connectivity index (χ1v) is 14.8. The minimum atomic E-state index is -0.838. The zero-order valence-electron chi connectivity index (χ0n) is 25.1. The van der Waals surface area contributed by atoms with Crippen molar-refractivity contribution in [2.75, 3.05) is 5.32 Å². The normalized spacial score (nSPS) is 18.9. The third-order valence-electron chi connectivity index (χ3n) is 7.05. The predicted octanol–water partition coefficient (Wildman–Crippen LogP) is 6.80. The lowest BCUT2D eigenvalue weighted by Gasteiger charge is -2.34.